The molecular weight excluding hydrogens is 379 g/mol. The number of hydrogen-bond acceptors (Lipinski definition) is 3. The van der Waals surface area contributed by atoms with E-state index in [1.807, 2.05) is 6.92 Å². The van der Waals surface area contributed by atoms with Gasteiger partial charge in [-0.1, -0.05) is 47.3 Å². The predicted molar refractivity (Wildman–Crippen MR) is 119 cm³/mol. The molecule has 0 atom stereocenters. The zero-order valence-corrected chi connectivity index (χ0v) is 17.6. The molecule has 0 amide bonds. The van der Waals surface area contributed by atoms with Crippen molar-refractivity contribution in [3.8, 4) is 11.4 Å². The number of imidazole rings is 1. The summed E-state index contributed by atoms with van der Waals surface area (Å²) in [7, 11) is 0. The molecule has 0 saturated heterocycles. The second kappa shape index (κ2) is 8.32. The summed E-state index contributed by atoms with van der Waals surface area (Å²) in [5.74, 6) is 1.87. The molecule has 162 valence electrons. The molecule has 3 aromatic rings. The summed E-state index contributed by atoms with van der Waals surface area (Å²) < 4.78 is 15.4. The summed E-state index contributed by atoms with van der Waals surface area (Å²) in [6.07, 6.45) is 5.09. The monoisotopic (exact) mass is 412 g/mol. The summed E-state index contributed by atoms with van der Waals surface area (Å²) in [5.41, 5.74) is 1.93. The first-order valence-electron chi connectivity index (χ1n) is 10.6. The first-order valence-corrected chi connectivity index (χ1v) is 10.6. The Kier molecular flexibility index (Phi) is 6.16. The molecule has 1 aliphatic rings. The number of nitrogens with zero attached hydrogens (tertiary/aromatic N) is 3. The van der Waals surface area contributed by atoms with Gasteiger partial charge in [-0.15, -0.1) is 5.10 Å². The van der Waals surface area contributed by atoms with Gasteiger partial charge in [0.25, 0.3) is 5.56 Å². The van der Waals surface area contributed by atoms with Gasteiger partial charge in [0.05, 0.1) is 5.69 Å². The Morgan fingerprint density at radius 2 is 1.90 bits per heavy atom. The minimum atomic E-state index is -0.356. The lowest BCUT2D eigenvalue weighted by Gasteiger charge is -2.36. The van der Waals surface area contributed by atoms with Crippen LogP contribution in [0.25, 0.3) is 16.9 Å². The number of fused-ring (bicyclic) bond motifs is 1. The van der Waals surface area contributed by atoms with Crippen LogP contribution in [0.3, 0.4) is 0 Å². The van der Waals surface area contributed by atoms with Crippen LogP contribution in [0, 0.1) is 17.2 Å². The topological polar surface area (TPSA) is 63.1 Å². The van der Waals surface area contributed by atoms with Crippen LogP contribution >= 0.6 is 0 Å². The van der Waals surface area contributed by atoms with Gasteiger partial charge in [0.15, 0.2) is 11.3 Å². The van der Waals surface area contributed by atoms with Gasteiger partial charge in [-0.25, -0.2) is 13.9 Å². The molecule has 0 spiro atoms. The van der Waals surface area contributed by atoms with Crippen molar-refractivity contribution >= 4 is 5.52 Å². The number of benzene rings is 1. The van der Waals surface area contributed by atoms with E-state index in [0.717, 1.165) is 37.2 Å². The third kappa shape index (κ3) is 4.05. The molecular formula is C24H33FN4O. The summed E-state index contributed by atoms with van der Waals surface area (Å²) >= 11 is 0. The molecule has 1 fully saturated rings. The molecule has 6 heteroatoms. The molecule has 0 bridgehead atoms. The highest BCUT2D eigenvalue weighted by Gasteiger charge is 2.32. The van der Waals surface area contributed by atoms with E-state index in [9.17, 15) is 9.18 Å². The van der Waals surface area contributed by atoms with Crippen molar-refractivity contribution in [3.63, 3.8) is 0 Å². The molecule has 1 aromatic carbocycles. The number of aryl methyl sites for hydroxylation is 1. The smallest absolute Gasteiger partial charge is 0.277 e. The van der Waals surface area contributed by atoms with Crippen molar-refractivity contribution in [1.29, 1.82) is 0 Å². The molecule has 4 rings (SSSR count). The van der Waals surface area contributed by atoms with Crippen molar-refractivity contribution < 1.29 is 4.39 Å². The van der Waals surface area contributed by atoms with Gasteiger partial charge in [0.2, 0.25) is 0 Å². The number of halogens is 1. The molecule has 1 saturated carbocycles. The zero-order chi connectivity index (χ0) is 20.8. The Bertz CT molecular complexity index is 1080. The molecule has 0 aliphatic heterocycles. The highest BCUT2D eigenvalue weighted by molar-refractivity contribution is 5.58. The van der Waals surface area contributed by atoms with E-state index in [1.54, 1.807) is 16.6 Å². The predicted octanol–water partition coefficient (Wildman–Crippen LogP) is 5.74. The van der Waals surface area contributed by atoms with Gasteiger partial charge in [0.1, 0.15) is 11.6 Å². The Hall–Kier alpha value is -2.50. The average molecular weight is 413 g/mol. The molecule has 30 heavy (non-hydrogen) atoms. The van der Waals surface area contributed by atoms with Crippen LogP contribution in [-0.4, -0.2) is 19.6 Å². The van der Waals surface area contributed by atoms with Crippen LogP contribution in [-0.2, 0) is 6.42 Å². The lowest BCUT2D eigenvalue weighted by molar-refractivity contribution is 0.167. The number of hydrogen-bond donors (Lipinski definition) is 1. The van der Waals surface area contributed by atoms with Gasteiger partial charge < -0.3 is 4.98 Å². The van der Waals surface area contributed by atoms with E-state index in [0.29, 0.717) is 34.7 Å². The van der Waals surface area contributed by atoms with E-state index in [4.69, 9.17) is 10.1 Å². The van der Waals surface area contributed by atoms with Gasteiger partial charge in [-0.3, -0.25) is 4.79 Å². The van der Waals surface area contributed by atoms with E-state index < -0.39 is 0 Å². The Balaban J connectivity index is 0.00000256. The van der Waals surface area contributed by atoms with Crippen molar-refractivity contribution in [2.45, 2.75) is 73.1 Å². The maximum Gasteiger partial charge on any atom is 0.277 e. The van der Waals surface area contributed by atoms with Crippen LogP contribution < -0.4 is 5.56 Å². The average Bonchev–Trinajstić information content (AvgIpc) is 3.07. The fourth-order valence-electron chi connectivity index (χ4n) is 4.59. The molecule has 0 unspecified atom stereocenters. The summed E-state index contributed by atoms with van der Waals surface area (Å²) in [6.45, 7) is 8.93. The molecule has 5 nitrogen and oxygen atoms in total. The maximum atomic E-state index is 13.7. The molecule has 2 aromatic heterocycles. The van der Waals surface area contributed by atoms with Crippen LogP contribution in [0.1, 0.15) is 78.2 Å². The van der Waals surface area contributed by atoms with Crippen LogP contribution in [0.2, 0.25) is 0 Å². The largest absolute Gasteiger partial charge is 0.303 e. The SMILES string of the molecule is C.CCc1nc(C2CCC(C(C)(C)C)CC2)n2nc(-c3cccc(F)c3)[nH]c(=O)c12. The Morgan fingerprint density at radius 3 is 2.50 bits per heavy atom. The summed E-state index contributed by atoms with van der Waals surface area (Å²) in [5, 5.41) is 4.69. The highest BCUT2D eigenvalue weighted by Crippen LogP contribution is 2.43. The van der Waals surface area contributed by atoms with Crippen LogP contribution in [0.4, 0.5) is 4.39 Å². The standard InChI is InChI=1S/C23H29FN4O.CH4/c1-5-18-19-22(29)26-20(15-7-6-8-17(24)13-15)27-28(19)21(25-18)14-9-11-16(12-10-14)23(2,3)4;/h6-8,13-14,16H,5,9-12H2,1-4H3,(H,26,27,29);1H4. The maximum absolute atomic E-state index is 13.7. The summed E-state index contributed by atoms with van der Waals surface area (Å²) in [6, 6.07) is 6.13. The second-order valence-electron chi connectivity index (χ2n) is 9.26. The number of aromatic nitrogens is 4. The normalized spacial score (nSPS) is 19.6. The fraction of sp³-hybridized carbons (Fsp3) is 0.542. The van der Waals surface area contributed by atoms with E-state index in [1.165, 1.54) is 12.1 Å². The first kappa shape index (κ1) is 22.2. The van der Waals surface area contributed by atoms with Crippen LogP contribution in [0.15, 0.2) is 29.1 Å². The van der Waals surface area contributed by atoms with E-state index in [-0.39, 0.29) is 24.7 Å². The van der Waals surface area contributed by atoms with Crippen molar-refractivity contribution in [1.82, 2.24) is 19.6 Å². The molecule has 1 N–H and O–H groups in total. The zero-order valence-electron chi connectivity index (χ0n) is 17.6. The lowest BCUT2D eigenvalue weighted by atomic mass is 9.70. The van der Waals surface area contributed by atoms with Crippen molar-refractivity contribution in [2.75, 3.05) is 0 Å². The number of rotatable bonds is 3. The number of H-pyrrole nitrogens is 1. The number of nitrogens with one attached hydrogen (secondary N) is 1. The fourth-order valence-corrected chi connectivity index (χ4v) is 4.59. The van der Waals surface area contributed by atoms with Crippen LogP contribution in [0.5, 0.6) is 0 Å². The number of aromatic amines is 1. The Labute approximate surface area is 177 Å². The van der Waals surface area contributed by atoms with E-state index in [2.05, 4.69) is 25.8 Å². The first-order chi connectivity index (χ1) is 13.8. The summed E-state index contributed by atoms with van der Waals surface area (Å²) in [4.78, 5) is 20.5. The highest BCUT2D eigenvalue weighted by atomic mass is 19.1. The van der Waals surface area contributed by atoms with Gasteiger partial charge >= 0.3 is 0 Å². The molecule has 1 aliphatic carbocycles. The van der Waals surface area contributed by atoms with Crippen molar-refractivity contribution in [2.24, 2.45) is 11.3 Å². The van der Waals surface area contributed by atoms with Gasteiger partial charge in [0, 0.05) is 11.5 Å². The van der Waals surface area contributed by atoms with E-state index >= 15 is 0 Å². The minimum Gasteiger partial charge on any atom is -0.303 e. The second-order valence-corrected chi connectivity index (χ2v) is 9.26. The lowest BCUT2D eigenvalue weighted by Crippen LogP contribution is -2.26. The quantitative estimate of drug-likeness (QED) is 0.596. The molecule has 0 radical (unpaired) electrons. The van der Waals surface area contributed by atoms with Gasteiger partial charge in [-0.05, 0) is 55.6 Å². The third-order valence-corrected chi connectivity index (χ3v) is 6.35. The Morgan fingerprint density at radius 1 is 1.20 bits per heavy atom. The minimum absolute atomic E-state index is 0. The third-order valence-electron chi connectivity index (χ3n) is 6.35. The van der Waals surface area contributed by atoms with Crippen molar-refractivity contribution in [3.05, 3.63) is 52.0 Å². The molecule has 2 heterocycles. The van der Waals surface area contributed by atoms with Gasteiger partial charge in [-0.2, -0.15) is 0 Å².